The van der Waals surface area contributed by atoms with Gasteiger partial charge in [0.1, 0.15) is 6.04 Å². The van der Waals surface area contributed by atoms with Crippen molar-refractivity contribution in [3.05, 3.63) is 0 Å². The van der Waals surface area contributed by atoms with Crippen molar-refractivity contribution in [2.24, 2.45) is 0 Å². The Kier molecular flexibility index (Phi) is 6.93. The summed E-state index contributed by atoms with van der Waals surface area (Å²) < 4.78 is 4.69. The monoisotopic (exact) mass is 274 g/mol. The van der Waals surface area contributed by atoms with E-state index >= 15 is 0 Å². The smallest absolute Gasteiger partial charge is 0.328 e. The van der Waals surface area contributed by atoms with Crippen LogP contribution >= 0.6 is 11.8 Å². The van der Waals surface area contributed by atoms with Gasteiger partial charge in [0, 0.05) is 6.04 Å². The van der Waals surface area contributed by atoms with Gasteiger partial charge in [-0.3, -0.25) is 0 Å². The molecule has 5 nitrogen and oxygen atoms in total. The van der Waals surface area contributed by atoms with Gasteiger partial charge in [0.15, 0.2) is 0 Å². The third-order valence-electron chi connectivity index (χ3n) is 3.09. The molecular formula is C12H22N2O3S. The molecule has 1 rings (SSSR count). The minimum absolute atomic E-state index is 0.254. The number of hydrogen-bond donors (Lipinski definition) is 2. The van der Waals surface area contributed by atoms with Gasteiger partial charge in [0.25, 0.3) is 0 Å². The van der Waals surface area contributed by atoms with E-state index in [1.54, 1.807) is 11.8 Å². The number of methoxy groups -OCH3 is 1. The third-order valence-corrected chi connectivity index (χ3v) is 3.74. The van der Waals surface area contributed by atoms with Crippen molar-refractivity contribution in [2.45, 2.75) is 44.2 Å². The van der Waals surface area contributed by atoms with Gasteiger partial charge in [-0.2, -0.15) is 11.8 Å². The highest BCUT2D eigenvalue weighted by Gasteiger charge is 2.23. The van der Waals surface area contributed by atoms with Crippen molar-refractivity contribution >= 4 is 23.8 Å². The number of esters is 1. The van der Waals surface area contributed by atoms with Crippen molar-refractivity contribution in [3.63, 3.8) is 0 Å². The second kappa shape index (κ2) is 8.24. The predicted octanol–water partition coefficient (Wildman–Crippen LogP) is 1.52. The molecule has 1 aliphatic carbocycles. The molecule has 1 saturated carbocycles. The summed E-state index contributed by atoms with van der Waals surface area (Å²) in [4.78, 5) is 23.3. The van der Waals surface area contributed by atoms with Gasteiger partial charge < -0.3 is 15.4 Å². The lowest BCUT2D eigenvalue weighted by atomic mass is 10.2. The quantitative estimate of drug-likeness (QED) is 0.721. The highest BCUT2D eigenvalue weighted by Crippen LogP contribution is 2.17. The third kappa shape index (κ3) is 5.16. The number of urea groups is 1. The normalized spacial score (nSPS) is 17.2. The van der Waals surface area contributed by atoms with Crippen LogP contribution in [0.1, 0.15) is 32.1 Å². The maximum Gasteiger partial charge on any atom is 0.328 e. The topological polar surface area (TPSA) is 67.4 Å². The lowest BCUT2D eigenvalue weighted by Gasteiger charge is -2.18. The van der Waals surface area contributed by atoms with E-state index in [9.17, 15) is 9.59 Å². The minimum atomic E-state index is -0.552. The molecule has 0 bridgehead atoms. The number of carbonyl (C=O) groups is 2. The molecule has 1 atom stereocenters. The zero-order valence-electron chi connectivity index (χ0n) is 11.0. The van der Waals surface area contributed by atoms with E-state index in [2.05, 4.69) is 15.4 Å². The molecule has 6 heteroatoms. The molecule has 0 aromatic carbocycles. The van der Waals surface area contributed by atoms with Crippen LogP contribution in [0.3, 0.4) is 0 Å². The van der Waals surface area contributed by atoms with Crippen molar-refractivity contribution in [1.29, 1.82) is 0 Å². The largest absolute Gasteiger partial charge is 0.467 e. The average molecular weight is 274 g/mol. The summed E-state index contributed by atoms with van der Waals surface area (Å²) in [5, 5.41) is 5.59. The Morgan fingerprint density at radius 2 is 2.06 bits per heavy atom. The SMILES string of the molecule is COC(=O)[C@@H](CCSC)NC(=O)NC1CCCC1. The fraction of sp³-hybridized carbons (Fsp3) is 0.833. The first-order valence-electron chi connectivity index (χ1n) is 6.31. The molecule has 2 N–H and O–H groups in total. The zero-order chi connectivity index (χ0) is 13.4. The number of ether oxygens (including phenoxy) is 1. The standard InChI is InChI=1S/C12H22N2O3S/c1-17-11(15)10(7-8-18-2)14-12(16)13-9-5-3-4-6-9/h9-10H,3-8H2,1-2H3,(H2,13,14,16)/t10-/m1/s1. The van der Waals surface area contributed by atoms with E-state index in [4.69, 9.17) is 0 Å². The predicted molar refractivity (Wildman–Crippen MR) is 72.7 cm³/mol. The molecule has 0 aromatic heterocycles. The van der Waals surface area contributed by atoms with Crippen LogP contribution < -0.4 is 10.6 Å². The number of nitrogens with one attached hydrogen (secondary N) is 2. The van der Waals surface area contributed by atoms with Crippen molar-refractivity contribution in [3.8, 4) is 0 Å². The Bertz CT molecular complexity index is 280. The van der Waals surface area contributed by atoms with Crippen LogP contribution in [-0.4, -0.2) is 43.2 Å². The van der Waals surface area contributed by atoms with Gasteiger partial charge in [-0.25, -0.2) is 9.59 Å². The summed E-state index contributed by atoms with van der Waals surface area (Å²) in [5.74, 6) is 0.425. The molecule has 0 heterocycles. The molecular weight excluding hydrogens is 252 g/mol. The van der Waals surface area contributed by atoms with Gasteiger partial charge in [-0.15, -0.1) is 0 Å². The first-order chi connectivity index (χ1) is 8.67. The first-order valence-corrected chi connectivity index (χ1v) is 7.70. The maximum atomic E-state index is 11.8. The second-order valence-electron chi connectivity index (χ2n) is 4.46. The Hall–Kier alpha value is -0.910. The molecule has 0 spiro atoms. The van der Waals surface area contributed by atoms with E-state index in [1.165, 1.54) is 7.11 Å². The first kappa shape index (κ1) is 15.1. The summed E-state index contributed by atoms with van der Waals surface area (Å²) in [6, 6.07) is -0.564. The van der Waals surface area contributed by atoms with E-state index in [-0.39, 0.29) is 18.0 Å². The molecule has 1 fully saturated rings. The fourth-order valence-electron chi connectivity index (χ4n) is 2.08. The zero-order valence-corrected chi connectivity index (χ0v) is 11.8. The van der Waals surface area contributed by atoms with Crippen LogP contribution in [0.4, 0.5) is 4.79 Å². The van der Waals surface area contributed by atoms with Crippen LogP contribution in [-0.2, 0) is 9.53 Å². The van der Waals surface area contributed by atoms with Crippen LogP contribution in [0.2, 0.25) is 0 Å². The summed E-state index contributed by atoms with van der Waals surface area (Å²) in [7, 11) is 1.34. The number of thioether (sulfide) groups is 1. The average Bonchev–Trinajstić information content (AvgIpc) is 2.86. The van der Waals surface area contributed by atoms with Crippen LogP contribution in [0, 0.1) is 0 Å². The van der Waals surface area contributed by atoms with Crippen LogP contribution in [0.5, 0.6) is 0 Å². The molecule has 2 amide bonds. The lowest BCUT2D eigenvalue weighted by Crippen LogP contribution is -2.49. The van der Waals surface area contributed by atoms with Gasteiger partial charge in [0.05, 0.1) is 7.11 Å². The molecule has 0 aromatic rings. The summed E-state index contributed by atoms with van der Waals surface area (Å²) in [6.45, 7) is 0. The molecule has 1 aliphatic rings. The molecule has 0 unspecified atom stereocenters. The van der Waals surface area contributed by atoms with E-state index in [1.807, 2.05) is 6.26 Å². The number of amides is 2. The molecule has 0 saturated heterocycles. The second-order valence-corrected chi connectivity index (χ2v) is 5.44. The van der Waals surface area contributed by atoms with Gasteiger partial charge in [-0.05, 0) is 31.3 Å². The van der Waals surface area contributed by atoms with Crippen molar-refractivity contribution in [1.82, 2.24) is 10.6 Å². The lowest BCUT2D eigenvalue weighted by molar-refractivity contribution is -0.142. The minimum Gasteiger partial charge on any atom is -0.467 e. The van der Waals surface area contributed by atoms with Crippen molar-refractivity contribution < 1.29 is 14.3 Å². The molecule has 0 aliphatic heterocycles. The van der Waals surface area contributed by atoms with Crippen LogP contribution in [0.15, 0.2) is 0 Å². The maximum absolute atomic E-state index is 11.8. The van der Waals surface area contributed by atoms with E-state index < -0.39 is 6.04 Å². The highest BCUT2D eigenvalue weighted by atomic mass is 32.2. The fourth-order valence-corrected chi connectivity index (χ4v) is 2.55. The molecule has 0 radical (unpaired) electrons. The van der Waals surface area contributed by atoms with E-state index in [0.717, 1.165) is 31.4 Å². The summed E-state index contributed by atoms with van der Waals surface area (Å²) in [6.07, 6.45) is 6.94. The number of carbonyl (C=O) groups excluding carboxylic acids is 2. The van der Waals surface area contributed by atoms with Gasteiger partial charge >= 0.3 is 12.0 Å². The Morgan fingerprint density at radius 3 is 2.61 bits per heavy atom. The van der Waals surface area contributed by atoms with Crippen LogP contribution in [0.25, 0.3) is 0 Å². The number of rotatable bonds is 6. The van der Waals surface area contributed by atoms with Gasteiger partial charge in [0.2, 0.25) is 0 Å². The number of hydrogen-bond acceptors (Lipinski definition) is 4. The Labute approximate surface area is 112 Å². The highest BCUT2D eigenvalue weighted by molar-refractivity contribution is 7.98. The summed E-state index contributed by atoms with van der Waals surface area (Å²) in [5.41, 5.74) is 0. The Balaban J connectivity index is 2.37. The van der Waals surface area contributed by atoms with Gasteiger partial charge in [-0.1, -0.05) is 12.8 Å². The molecule has 104 valence electrons. The summed E-state index contributed by atoms with van der Waals surface area (Å²) >= 11 is 1.64. The van der Waals surface area contributed by atoms with E-state index in [0.29, 0.717) is 6.42 Å². The molecule has 18 heavy (non-hydrogen) atoms. The Morgan fingerprint density at radius 1 is 1.39 bits per heavy atom. The van der Waals surface area contributed by atoms with Crippen molar-refractivity contribution in [2.75, 3.05) is 19.1 Å².